The zero-order valence-electron chi connectivity index (χ0n) is 15.0. The van der Waals surface area contributed by atoms with Crippen LogP contribution >= 0.6 is 0 Å². The lowest BCUT2D eigenvalue weighted by atomic mass is 10.1. The predicted octanol–water partition coefficient (Wildman–Crippen LogP) is 3.33. The highest BCUT2D eigenvalue weighted by Crippen LogP contribution is 2.14. The lowest BCUT2D eigenvalue weighted by Gasteiger charge is -2.24. The van der Waals surface area contributed by atoms with Gasteiger partial charge in [-0.3, -0.25) is 0 Å². The smallest absolute Gasteiger partial charge is 0.128 e. The number of hydrogen-bond donors (Lipinski definition) is 2. The molecule has 0 fully saturated rings. The highest BCUT2D eigenvalue weighted by molar-refractivity contribution is 5.39. The minimum absolute atomic E-state index is 0.207. The molecule has 0 aliphatic rings. The van der Waals surface area contributed by atoms with Gasteiger partial charge in [0.25, 0.3) is 0 Å². The monoisotopic (exact) mass is 344 g/mol. The average molecular weight is 344 g/mol. The summed E-state index contributed by atoms with van der Waals surface area (Å²) in [5.74, 6) is 0.729. The molecular weight excluding hydrogens is 315 g/mol. The van der Waals surface area contributed by atoms with Crippen LogP contribution in [0.1, 0.15) is 31.7 Å². The number of nitrogens with one attached hydrogen (secondary N) is 1. The molecule has 0 bridgehead atoms. The van der Waals surface area contributed by atoms with Crippen LogP contribution in [0, 0.1) is 5.82 Å². The van der Waals surface area contributed by atoms with Gasteiger partial charge in [-0.2, -0.15) is 0 Å². The molecule has 2 rings (SSSR count). The third-order valence-corrected chi connectivity index (χ3v) is 4.08. The topological polar surface area (TPSA) is 54.2 Å². The summed E-state index contributed by atoms with van der Waals surface area (Å²) in [5, 5.41) is 3.48. The number of nitrogens with two attached hydrogens (primary N) is 1. The Labute approximate surface area is 150 Å². The highest BCUT2D eigenvalue weighted by Gasteiger charge is 2.08. The van der Waals surface area contributed by atoms with Crippen molar-refractivity contribution in [1.29, 1.82) is 0 Å². The Morgan fingerprint density at radius 3 is 2.60 bits per heavy atom. The molecule has 0 aliphatic heterocycles. The van der Waals surface area contributed by atoms with E-state index < -0.39 is 0 Å². The van der Waals surface area contributed by atoms with Gasteiger partial charge in [0.05, 0.1) is 0 Å². The van der Waals surface area contributed by atoms with Crippen molar-refractivity contribution in [2.24, 2.45) is 5.73 Å². The molecule has 0 amide bonds. The van der Waals surface area contributed by atoms with Crippen molar-refractivity contribution in [2.45, 2.75) is 38.8 Å². The number of pyridine rings is 1. The van der Waals surface area contributed by atoms with Crippen molar-refractivity contribution < 1.29 is 4.39 Å². The Bertz CT molecular complexity index is 586. The predicted molar refractivity (Wildman–Crippen MR) is 102 cm³/mol. The number of unbranched alkanes of at least 4 members (excludes halogenated alkanes) is 1. The second kappa shape index (κ2) is 10.8. The van der Waals surface area contributed by atoms with E-state index >= 15 is 0 Å². The summed E-state index contributed by atoms with van der Waals surface area (Å²) >= 11 is 0. The first-order valence-corrected chi connectivity index (χ1v) is 9.02. The summed E-state index contributed by atoms with van der Waals surface area (Å²) in [7, 11) is 0. The quantitative estimate of drug-likeness (QED) is 0.614. The van der Waals surface area contributed by atoms with Crippen molar-refractivity contribution in [2.75, 3.05) is 24.5 Å². The van der Waals surface area contributed by atoms with Crippen LogP contribution in [0.5, 0.6) is 0 Å². The average Bonchev–Trinajstić information content (AvgIpc) is 2.62. The van der Waals surface area contributed by atoms with Crippen molar-refractivity contribution in [3.05, 3.63) is 60.0 Å². The van der Waals surface area contributed by atoms with Crippen molar-refractivity contribution in [1.82, 2.24) is 10.3 Å². The lowest BCUT2D eigenvalue weighted by Crippen LogP contribution is -2.32. The molecule has 0 spiro atoms. The fourth-order valence-corrected chi connectivity index (χ4v) is 2.68. The van der Waals surface area contributed by atoms with Crippen LogP contribution in [0.15, 0.2) is 48.7 Å². The summed E-state index contributed by atoms with van der Waals surface area (Å²) in [6, 6.07) is 12.9. The van der Waals surface area contributed by atoms with Crippen molar-refractivity contribution >= 4 is 5.82 Å². The van der Waals surface area contributed by atoms with Crippen LogP contribution < -0.4 is 16.0 Å². The molecule has 25 heavy (non-hydrogen) atoms. The van der Waals surface area contributed by atoms with Gasteiger partial charge >= 0.3 is 0 Å². The zero-order valence-corrected chi connectivity index (χ0v) is 15.0. The van der Waals surface area contributed by atoms with Crippen LogP contribution in [0.25, 0.3) is 0 Å². The van der Waals surface area contributed by atoms with Gasteiger partial charge in [0, 0.05) is 31.9 Å². The van der Waals surface area contributed by atoms with E-state index in [1.807, 2.05) is 37.3 Å². The number of nitrogens with zero attached hydrogens (tertiary/aromatic N) is 2. The molecule has 0 saturated carbocycles. The molecule has 1 atom stereocenters. The maximum Gasteiger partial charge on any atom is 0.128 e. The fourth-order valence-electron chi connectivity index (χ4n) is 2.68. The van der Waals surface area contributed by atoms with E-state index in [0.29, 0.717) is 6.54 Å². The fraction of sp³-hybridized carbons (Fsp3) is 0.450. The number of hydrogen-bond acceptors (Lipinski definition) is 4. The summed E-state index contributed by atoms with van der Waals surface area (Å²) in [6.45, 7) is 5.49. The Hall–Kier alpha value is -1.98. The highest BCUT2D eigenvalue weighted by atomic mass is 19.1. The number of benzene rings is 1. The Morgan fingerprint density at radius 2 is 1.92 bits per heavy atom. The molecule has 5 heteroatoms. The summed E-state index contributed by atoms with van der Waals surface area (Å²) in [5.41, 5.74) is 6.84. The maximum atomic E-state index is 13.1. The normalized spacial score (nSPS) is 12.1. The van der Waals surface area contributed by atoms with Gasteiger partial charge in [-0.1, -0.05) is 24.6 Å². The summed E-state index contributed by atoms with van der Waals surface area (Å²) in [4.78, 5) is 6.66. The Balaban J connectivity index is 1.82. The van der Waals surface area contributed by atoms with Crippen LogP contribution in [-0.4, -0.2) is 30.7 Å². The van der Waals surface area contributed by atoms with E-state index in [0.717, 1.165) is 50.3 Å². The molecular formula is C20H29FN4. The van der Waals surface area contributed by atoms with Gasteiger partial charge < -0.3 is 16.0 Å². The molecule has 0 aliphatic carbocycles. The van der Waals surface area contributed by atoms with Crippen LogP contribution in [-0.2, 0) is 6.54 Å². The first kappa shape index (κ1) is 19.3. The van der Waals surface area contributed by atoms with Crippen LogP contribution in [0.4, 0.5) is 10.2 Å². The van der Waals surface area contributed by atoms with Crippen molar-refractivity contribution in [3.8, 4) is 0 Å². The standard InChI is InChI=1S/C20H29FN4/c1-17(22)6-2-4-12-23-14-15-25(20-7-3-5-13-24-20)16-18-8-10-19(21)11-9-18/h3,5,7-11,13,17,23H,2,4,6,12,14-16,22H2,1H3. The Morgan fingerprint density at radius 1 is 1.12 bits per heavy atom. The van der Waals surface area contributed by atoms with Gasteiger partial charge in [0.15, 0.2) is 0 Å². The molecule has 1 heterocycles. The van der Waals surface area contributed by atoms with E-state index in [9.17, 15) is 4.39 Å². The second-order valence-corrected chi connectivity index (χ2v) is 6.46. The van der Waals surface area contributed by atoms with Gasteiger partial charge in [-0.05, 0) is 56.1 Å². The molecule has 1 unspecified atom stereocenters. The van der Waals surface area contributed by atoms with Gasteiger partial charge in [-0.15, -0.1) is 0 Å². The van der Waals surface area contributed by atoms with Crippen LogP contribution in [0.2, 0.25) is 0 Å². The zero-order chi connectivity index (χ0) is 17.9. The summed E-state index contributed by atoms with van der Waals surface area (Å²) in [6.07, 6.45) is 5.17. The van der Waals surface area contributed by atoms with E-state index in [2.05, 4.69) is 15.2 Å². The number of anilines is 1. The molecule has 136 valence electrons. The largest absolute Gasteiger partial charge is 0.351 e. The third-order valence-electron chi connectivity index (χ3n) is 4.08. The number of halogens is 1. The third kappa shape index (κ3) is 7.63. The molecule has 0 saturated heterocycles. The minimum Gasteiger partial charge on any atom is -0.351 e. The molecule has 4 nitrogen and oxygen atoms in total. The van der Waals surface area contributed by atoms with E-state index in [1.165, 1.54) is 12.1 Å². The molecule has 1 aromatic heterocycles. The Kier molecular flexibility index (Phi) is 8.35. The molecule has 3 N–H and O–H groups in total. The van der Waals surface area contributed by atoms with Gasteiger partial charge in [0.1, 0.15) is 11.6 Å². The lowest BCUT2D eigenvalue weighted by molar-refractivity contribution is 0.561. The second-order valence-electron chi connectivity index (χ2n) is 6.46. The first-order valence-electron chi connectivity index (χ1n) is 9.02. The SMILES string of the molecule is CC(N)CCCCNCCN(Cc1ccc(F)cc1)c1ccccn1. The first-order chi connectivity index (χ1) is 12.1. The molecule has 1 aromatic carbocycles. The van der Waals surface area contributed by atoms with Gasteiger partial charge in [0.2, 0.25) is 0 Å². The molecule has 0 radical (unpaired) electrons. The van der Waals surface area contributed by atoms with Crippen molar-refractivity contribution in [3.63, 3.8) is 0 Å². The molecule has 2 aromatic rings. The number of aromatic nitrogens is 1. The van der Waals surface area contributed by atoms with E-state index in [4.69, 9.17) is 5.73 Å². The summed E-state index contributed by atoms with van der Waals surface area (Å²) < 4.78 is 13.1. The van der Waals surface area contributed by atoms with E-state index in [1.54, 1.807) is 6.20 Å². The van der Waals surface area contributed by atoms with Gasteiger partial charge in [-0.25, -0.2) is 9.37 Å². The number of rotatable bonds is 11. The van der Waals surface area contributed by atoms with Crippen LogP contribution in [0.3, 0.4) is 0 Å². The van der Waals surface area contributed by atoms with E-state index in [-0.39, 0.29) is 11.9 Å². The minimum atomic E-state index is -0.207. The maximum absolute atomic E-state index is 13.1.